The first kappa shape index (κ1) is 13.1. The number of benzene rings is 1. The van der Waals surface area contributed by atoms with Crippen LogP contribution in [0.15, 0.2) is 30.3 Å². The molecule has 0 spiro atoms. The molecule has 0 fully saturated rings. The summed E-state index contributed by atoms with van der Waals surface area (Å²) < 4.78 is 1.86. The minimum Gasteiger partial charge on any atom is -0.325 e. The fourth-order valence-electron chi connectivity index (χ4n) is 2.35. The predicted molar refractivity (Wildman–Crippen MR) is 81.2 cm³/mol. The van der Waals surface area contributed by atoms with Gasteiger partial charge in [0.05, 0.1) is 33.3 Å². The Morgan fingerprint density at radius 2 is 2.00 bits per heavy atom. The molecule has 2 aromatic heterocycles. The van der Waals surface area contributed by atoms with Gasteiger partial charge in [-0.15, -0.1) is 0 Å². The highest BCUT2D eigenvalue weighted by molar-refractivity contribution is 6.31. The number of hydrogen-bond acceptors (Lipinski definition) is 3. The summed E-state index contributed by atoms with van der Waals surface area (Å²) in [5.74, 6) is 0. The summed E-state index contributed by atoms with van der Waals surface area (Å²) in [6.07, 6.45) is 0. The van der Waals surface area contributed by atoms with Gasteiger partial charge in [0.15, 0.2) is 0 Å². The quantitative estimate of drug-likeness (QED) is 0.787. The van der Waals surface area contributed by atoms with Crippen LogP contribution in [0.4, 0.5) is 0 Å². The molecule has 3 rings (SSSR count). The highest BCUT2D eigenvalue weighted by Crippen LogP contribution is 2.27. The van der Waals surface area contributed by atoms with E-state index in [1.807, 2.05) is 48.9 Å². The maximum absolute atomic E-state index is 6.25. The van der Waals surface area contributed by atoms with Gasteiger partial charge in [0.2, 0.25) is 0 Å². The number of aryl methyl sites for hydroxylation is 1. The van der Waals surface area contributed by atoms with Gasteiger partial charge in [-0.3, -0.25) is 4.98 Å². The summed E-state index contributed by atoms with van der Waals surface area (Å²) in [5.41, 5.74) is 10.2. The minimum absolute atomic E-state index is 0.394. The molecular weight excluding hydrogens is 272 g/mol. The first-order valence-electron chi connectivity index (χ1n) is 6.42. The van der Waals surface area contributed by atoms with Gasteiger partial charge in [0.25, 0.3) is 0 Å². The molecule has 0 atom stereocenters. The van der Waals surface area contributed by atoms with Crippen molar-refractivity contribution in [3.63, 3.8) is 0 Å². The lowest BCUT2D eigenvalue weighted by molar-refractivity contribution is 0.834. The van der Waals surface area contributed by atoms with E-state index in [1.54, 1.807) is 0 Å². The minimum atomic E-state index is 0.394. The Labute approximate surface area is 122 Å². The van der Waals surface area contributed by atoms with E-state index in [9.17, 15) is 0 Å². The zero-order valence-electron chi connectivity index (χ0n) is 11.4. The largest absolute Gasteiger partial charge is 0.325 e. The van der Waals surface area contributed by atoms with Gasteiger partial charge in [0.1, 0.15) is 0 Å². The van der Waals surface area contributed by atoms with Crippen LogP contribution in [-0.4, -0.2) is 14.8 Å². The Kier molecular flexibility index (Phi) is 3.20. The standard InChI is InChI=1S/C15H15ClN4/c1-9-15(16)10(2)20(19-9)14-7-11(8-17)18-13-6-4-3-5-12(13)14/h3-7H,8,17H2,1-2H3. The van der Waals surface area contributed by atoms with Crippen LogP contribution >= 0.6 is 11.6 Å². The van der Waals surface area contributed by atoms with E-state index >= 15 is 0 Å². The number of hydrogen-bond donors (Lipinski definition) is 1. The van der Waals surface area contributed by atoms with Crippen LogP contribution in [0.3, 0.4) is 0 Å². The van der Waals surface area contributed by atoms with Crippen LogP contribution in [0.5, 0.6) is 0 Å². The molecule has 102 valence electrons. The van der Waals surface area contributed by atoms with Gasteiger partial charge in [-0.1, -0.05) is 29.8 Å². The number of aromatic nitrogens is 3. The van der Waals surface area contributed by atoms with Crippen molar-refractivity contribution in [3.8, 4) is 5.69 Å². The molecule has 20 heavy (non-hydrogen) atoms. The molecule has 2 N–H and O–H groups in total. The first-order chi connectivity index (χ1) is 9.61. The highest BCUT2D eigenvalue weighted by Gasteiger charge is 2.14. The fraction of sp³-hybridized carbons (Fsp3) is 0.200. The van der Waals surface area contributed by atoms with E-state index in [0.29, 0.717) is 11.6 Å². The molecule has 0 saturated heterocycles. The van der Waals surface area contributed by atoms with Gasteiger partial charge in [0, 0.05) is 11.9 Å². The summed E-state index contributed by atoms with van der Waals surface area (Å²) in [6, 6.07) is 9.93. The summed E-state index contributed by atoms with van der Waals surface area (Å²) in [5, 5.41) is 6.25. The third-order valence-corrected chi connectivity index (χ3v) is 3.93. The summed E-state index contributed by atoms with van der Waals surface area (Å²) in [6.45, 7) is 4.25. The van der Waals surface area contributed by atoms with Gasteiger partial charge < -0.3 is 5.73 Å². The summed E-state index contributed by atoms with van der Waals surface area (Å²) >= 11 is 6.25. The number of rotatable bonds is 2. The molecule has 0 amide bonds. The number of nitrogens with two attached hydrogens (primary N) is 1. The van der Waals surface area contributed by atoms with E-state index in [0.717, 1.165) is 33.7 Å². The van der Waals surface area contributed by atoms with Crippen molar-refractivity contribution in [1.82, 2.24) is 14.8 Å². The van der Waals surface area contributed by atoms with Crippen molar-refractivity contribution in [2.45, 2.75) is 20.4 Å². The molecule has 1 aromatic carbocycles. The lowest BCUT2D eigenvalue weighted by Crippen LogP contribution is -2.05. The van der Waals surface area contributed by atoms with E-state index in [4.69, 9.17) is 17.3 Å². The smallest absolute Gasteiger partial charge is 0.0848 e. The lowest BCUT2D eigenvalue weighted by Gasteiger charge is -2.10. The zero-order chi connectivity index (χ0) is 14.3. The van der Waals surface area contributed by atoms with Gasteiger partial charge in [-0.25, -0.2) is 4.68 Å². The fourth-order valence-corrected chi connectivity index (χ4v) is 2.47. The number of halogens is 1. The van der Waals surface area contributed by atoms with Crippen LogP contribution < -0.4 is 5.73 Å². The molecule has 5 heteroatoms. The Bertz CT molecular complexity index is 792. The van der Waals surface area contributed by atoms with Crippen molar-refractivity contribution < 1.29 is 0 Å². The van der Waals surface area contributed by atoms with Gasteiger partial charge in [-0.05, 0) is 26.0 Å². The SMILES string of the molecule is Cc1nn(-c2cc(CN)nc3ccccc23)c(C)c1Cl. The van der Waals surface area contributed by atoms with E-state index < -0.39 is 0 Å². The third kappa shape index (κ3) is 1.97. The average Bonchev–Trinajstić information content (AvgIpc) is 2.73. The highest BCUT2D eigenvalue weighted by atomic mass is 35.5. The van der Waals surface area contributed by atoms with E-state index in [1.165, 1.54) is 0 Å². The van der Waals surface area contributed by atoms with Gasteiger partial charge in [-0.2, -0.15) is 5.10 Å². The normalized spacial score (nSPS) is 11.2. The monoisotopic (exact) mass is 286 g/mol. The number of nitrogens with zero attached hydrogens (tertiary/aromatic N) is 3. The van der Waals surface area contributed by atoms with Crippen molar-refractivity contribution in [2.24, 2.45) is 5.73 Å². The zero-order valence-corrected chi connectivity index (χ0v) is 12.1. The van der Waals surface area contributed by atoms with Crippen molar-refractivity contribution >= 4 is 22.5 Å². The second-order valence-electron chi connectivity index (χ2n) is 4.75. The molecule has 0 unspecified atom stereocenters. The molecule has 3 aromatic rings. The number of fused-ring (bicyclic) bond motifs is 1. The lowest BCUT2D eigenvalue weighted by atomic mass is 10.1. The third-order valence-electron chi connectivity index (χ3n) is 3.39. The Morgan fingerprint density at radius 1 is 1.25 bits per heavy atom. The van der Waals surface area contributed by atoms with Crippen molar-refractivity contribution in [2.75, 3.05) is 0 Å². The number of pyridine rings is 1. The number of para-hydroxylation sites is 1. The molecule has 0 aliphatic rings. The molecule has 2 heterocycles. The maximum Gasteiger partial charge on any atom is 0.0848 e. The molecule has 0 aliphatic heterocycles. The topological polar surface area (TPSA) is 56.7 Å². The Balaban J connectivity index is 2.37. The molecule has 0 aliphatic carbocycles. The molecule has 0 radical (unpaired) electrons. The molecule has 4 nitrogen and oxygen atoms in total. The average molecular weight is 287 g/mol. The Hall–Kier alpha value is -1.91. The van der Waals surface area contributed by atoms with Gasteiger partial charge >= 0.3 is 0 Å². The van der Waals surface area contributed by atoms with Crippen LogP contribution in [0.1, 0.15) is 17.1 Å². The van der Waals surface area contributed by atoms with Crippen LogP contribution in [0, 0.1) is 13.8 Å². The summed E-state index contributed by atoms with van der Waals surface area (Å²) in [4.78, 5) is 4.54. The predicted octanol–water partition coefficient (Wildman–Crippen LogP) is 3.15. The van der Waals surface area contributed by atoms with E-state index in [-0.39, 0.29) is 0 Å². The second kappa shape index (κ2) is 4.89. The van der Waals surface area contributed by atoms with Crippen molar-refractivity contribution in [3.05, 3.63) is 52.4 Å². The van der Waals surface area contributed by atoms with Crippen molar-refractivity contribution in [1.29, 1.82) is 0 Å². The summed E-state index contributed by atoms with van der Waals surface area (Å²) in [7, 11) is 0. The maximum atomic E-state index is 6.25. The molecular formula is C15H15ClN4. The van der Waals surface area contributed by atoms with Crippen LogP contribution in [0.2, 0.25) is 5.02 Å². The van der Waals surface area contributed by atoms with Crippen LogP contribution in [-0.2, 0) is 6.54 Å². The Morgan fingerprint density at radius 3 is 2.65 bits per heavy atom. The second-order valence-corrected chi connectivity index (χ2v) is 5.13. The molecule has 0 bridgehead atoms. The first-order valence-corrected chi connectivity index (χ1v) is 6.80. The van der Waals surface area contributed by atoms with Crippen LogP contribution in [0.25, 0.3) is 16.6 Å². The molecule has 0 saturated carbocycles. The van der Waals surface area contributed by atoms with E-state index in [2.05, 4.69) is 10.1 Å².